The first-order chi connectivity index (χ1) is 10.9. The van der Waals surface area contributed by atoms with E-state index in [4.69, 9.17) is 0 Å². The molecule has 0 aliphatic rings. The van der Waals surface area contributed by atoms with E-state index in [-0.39, 0.29) is 5.91 Å². The largest absolute Gasteiger partial charge is 0.326 e. The minimum absolute atomic E-state index is 0.00312. The smallest absolute Gasteiger partial charge is 0.234 e. The van der Waals surface area contributed by atoms with Gasteiger partial charge in [-0.1, -0.05) is 39.0 Å². The first kappa shape index (κ1) is 15.6. The summed E-state index contributed by atoms with van der Waals surface area (Å²) in [6.07, 6.45) is 0.794. The highest BCUT2D eigenvalue weighted by molar-refractivity contribution is 7.19. The molecule has 0 bridgehead atoms. The van der Waals surface area contributed by atoms with Crippen molar-refractivity contribution in [3.8, 4) is 10.6 Å². The summed E-state index contributed by atoms with van der Waals surface area (Å²) in [4.78, 5) is 12.8. The minimum Gasteiger partial charge on any atom is -0.326 e. The first-order valence-electron chi connectivity index (χ1n) is 7.51. The van der Waals surface area contributed by atoms with Crippen LogP contribution in [0.1, 0.15) is 33.5 Å². The van der Waals surface area contributed by atoms with Crippen molar-refractivity contribution in [1.82, 2.24) is 19.8 Å². The molecule has 0 unspecified atom stereocenters. The van der Waals surface area contributed by atoms with Gasteiger partial charge in [0.15, 0.2) is 5.82 Å². The Morgan fingerprint density at radius 2 is 1.91 bits per heavy atom. The maximum absolute atomic E-state index is 12.0. The molecule has 1 aromatic carbocycles. The van der Waals surface area contributed by atoms with Gasteiger partial charge in [-0.15, -0.1) is 10.2 Å². The number of aromatic nitrogens is 4. The van der Waals surface area contributed by atoms with Gasteiger partial charge < -0.3 is 5.32 Å². The molecule has 3 aromatic rings. The van der Waals surface area contributed by atoms with E-state index in [0.29, 0.717) is 0 Å². The number of anilines is 1. The van der Waals surface area contributed by atoms with Crippen molar-refractivity contribution in [2.45, 2.75) is 34.1 Å². The predicted octanol–water partition coefficient (Wildman–Crippen LogP) is 3.40. The fourth-order valence-corrected chi connectivity index (χ4v) is 2.87. The van der Waals surface area contributed by atoms with E-state index in [1.54, 1.807) is 4.52 Å². The van der Waals surface area contributed by atoms with Crippen molar-refractivity contribution in [1.29, 1.82) is 0 Å². The van der Waals surface area contributed by atoms with Crippen LogP contribution in [0.15, 0.2) is 24.3 Å². The molecule has 0 aliphatic heterocycles. The van der Waals surface area contributed by atoms with Gasteiger partial charge in [0.25, 0.3) is 0 Å². The topological polar surface area (TPSA) is 72.2 Å². The Balaban J connectivity index is 1.83. The second-order valence-electron chi connectivity index (χ2n) is 6.35. The third-order valence-corrected chi connectivity index (χ3v) is 4.39. The number of aryl methyl sites for hydroxylation is 1. The summed E-state index contributed by atoms with van der Waals surface area (Å²) in [5, 5.41) is 16.6. The van der Waals surface area contributed by atoms with Gasteiger partial charge in [0.2, 0.25) is 10.9 Å². The maximum Gasteiger partial charge on any atom is 0.234 e. The van der Waals surface area contributed by atoms with Crippen LogP contribution in [-0.2, 0) is 11.2 Å². The number of carbonyl (C=O) groups excluding carboxylic acids is 1. The van der Waals surface area contributed by atoms with Gasteiger partial charge in [-0.2, -0.15) is 9.61 Å². The lowest BCUT2D eigenvalue weighted by Crippen LogP contribution is -2.27. The van der Waals surface area contributed by atoms with Crippen LogP contribution in [0.4, 0.5) is 5.69 Å². The molecular weight excluding hydrogens is 310 g/mol. The molecule has 0 saturated carbocycles. The Morgan fingerprint density at radius 3 is 2.52 bits per heavy atom. The van der Waals surface area contributed by atoms with Gasteiger partial charge in [0.05, 0.1) is 0 Å². The summed E-state index contributed by atoms with van der Waals surface area (Å²) < 4.78 is 1.79. The summed E-state index contributed by atoms with van der Waals surface area (Å²) in [6, 6.07) is 7.69. The van der Waals surface area contributed by atoms with Crippen LogP contribution in [0, 0.1) is 5.41 Å². The van der Waals surface area contributed by atoms with E-state index >= 15 is 0 Å². The van der Waals surface area contributed by atoms with Gasteiger partial charge in [0.1, 0.15) is 5.01 Å². The highest BCUT2D eigenvalue weighted by Crippen LogP contribution is 2.27. The average Bonchev–Trinajstić information content (AvgIpc) is 3.07. The number of carbonyl (C=O) groups is 1. The highest BCUT2D eigenvalue weighted by Gasteiger charge is 2.21. The molecular formula is C16H19N5OS. The molecule has 1 amide bonds. The number of benzene rings is 1. The van der Waals surface area contributed by atoms with E-state index in [9.17, 15) is 4.79 Å². The van der Waals surface area contributed by atoms with Crippen molar-refractivity contribution in [2.24, 2.45) is 5.41 Å². The second kappa shape index (κ2) is 5.73. The third-order valence-electron chi connectivity index (χ3n) is 3.44. The monoisotopic (exact) mass is 329 g/mol. The lowest BCUT2D eigenvalue weighted by atomic mass is 9.95. The summed E-state index contributed by atoms with van der Waals surface area (Å²) >= 11 is 1.50. The molecule has 7 heteroatoms. The fourth-order valence-electron chi connectivity index (χ4n) is 2.01. The third kappa shape index (κ3) is 3.10. The molecule has 1 N–H and O–H groups in total. The Kier molecular flexibility index (Phi) is 3.89. The van der Waals surface area contributed by atoms with Gasteiger partial charge >= 0.3 is 0 Å². The fraction of sp³-hybridized carbons (Fsp3) is 0.375. The molecule has 0 saturated heterocycles. The molecule has 0 atom stereocenters. The minimum atomic E-state index is -0.414. The zero-order valence-electron chi connectivity index (χ0n) is 13.6. The van der Waals surface area contributed by atoms with E-state index < -0.39 is 5.41 Å². The van der Waals surface area contributed by atoms with Crippen molar-refractivity contribution >= 4 is 27.9 Å². The highest BCUT2D eigenvalue weighted by atomic mass is 32.1. The number of hydrogen-bond donors (Lipinski definition) is 1. The molecule has 2 aromatic heterocycles. The molecule has 0 fully saturated rings. The SMILES string of the molecule is CCc1nnc2sc(-c3ccc(NC(=O)C(C)(C)C)cc3)nn12. The Morgan fingerprint density at radius 1 is 1.22 bits per heavy atom. The zero-order valence-corrected chi connectivity index (χ0v) is 14.4. The Labute approximate surface area is 138 Å². The number of hydrogen-bond acceptors (Lipinski definition) is 5. The van der Waals surface area contributed by atoms with Crippen molar-refractivity contribution in [3.63, 3.8) is 0 Å². The Bertz CT molecular complexity index is 842. The van der Waals surface area contributed by atoms with Crippen molar-refractivity contribution in [2.75, 3.05) is 5.32 Å². The van der Waals surface area contributed by atoms with E-state index in [1.807, 2.05) is 52.0 Å². The molecule has 120 valence electrons. The maximum atomic E-state index is 12.0. The van der Waals surface area contributed by atoms with Crippen LogP contribution >= 0.6 is 11.3 Å². The van der Waals surface area contributed by atoms with E-state index in [2.05, 4.69) is 20.6 Å². The normalized spacial score (nSPS) is 11.8. The van der Waals surface area contributed by atoms with E-state index in [0.717, 1.165) is 33.5 Å². The zero-order chi connectivity index (χ0) is 16.6. The number of rotatable bonds is 3. The summed E-state index contributed by atoms with van der Waals surface area (Å²) in [5.74, 6) is 0.855. The molecule has 0 radical (unpaired) electrons. The summed E-state index contributed by atoms with van der Waals surface area (Å²) in [6.45, 7) is 7.70. The number of amides is 1. The van der Waals surface area contributed by atoms with Gasteiger partial charge in [0, 0.05) is 23.1 Å². The lowest BCUT2D eigenvalue weighted by molar-refractivity contribution is -0.123. The molecule has 23 heavy (non-hydrogen) atoms. The van der Waals surface area contributed by atoms with Crippen LogP contribution in [-0.4, -0.2) is 25.7 Å². The molecule has 6 nitrogen and oxygen atoms in total. The first-order valence-corrected chi connectivity index (χ1v) is 8.33. The number of nitrogens with zero attached hydrogens (tertiary/aromatic N) is 4. The molecule has 0 spiro atoms. The lowest BCUT2D eigenvalue weighted by Gasteiger charge is -2.17. The van der Waals surface area contributed by atoms with Gasteiger partial charge in [-0.05, 0) is 24.3 Å². The molecule has 3 rings (SSSR count). The molecule has 2 heterocycles. The van der Waals surface area contributed by atoms with Crippen LogP contribution in [0.5, 0.6) is 0 Å². The standard InChI is InChI=1S/C16H19N5OS/c1-5-12-18-19-15-21(12)20-13(23-15)10-6-8-11(9-7-10)17-14(22)16(2,3)4/h6-9H,5H2,1-4H3,(H,17,22). The van der Waals surface area contributed by atoms with Crippen LogP contribution in [0.25, 0.3) is 15.5 Å². The second-order valence-corrected chi connectivity index (χ2v) is 7.31. The number of fused-ring (bicyclic) bond motifs is 1. The summed E-state index contributed by atoms with van der Waals surface area (Å²) in [7, 11) is 0. The van der Waals surface area contributed by atoms with Crippen molar-refractivity contribution < 1.29 is 4.79 Å². The summed E-state index contributed by atoms with van der Waals surface area (Å²) in [5.41, 5.74) is 1.37. The quantitative estimate of drug-likeness (QED) is 0.799. The number of nitrogens with one attached hydrogen (secondary N) is 1. The van der Waals surface area contributed by atoms with Gasteiger partial charge in [-0.3, -0.25) is 4.79 Å². The van der Waals surface area contributed by atoms with E-state index in [1.165, 1.54) is 11.3 Å². The van der Waals surface area contributed by atoms with Crippen LogP contribution < -0.4 is 5.32 Å². The average molecular weight is 329 g/mol. The van der Waals surface area contributed by atoms with Crippen molar-refractivity contribution in [3.05, 3.63) is 30.1 Å². The van der Waals surface area contributed by atoms with Crippen LogP contribution in [0.3, 0.4) is 0 Å². The molecule has 0 aliphatic carbocycles. The predicted molar refractivity (Wildman–Crippen MR) is 91.6 cm³/mol. The van der Waals surface area contributed by atoms with Crippen LogP contribution in [0.2, 0.25) is 0 Å². The Hall–Kier alpha value is -2.28. The van der Waals surface area contributed by atoms with Gasteiger partial charge in [-0.25, -0.2) is 0 Å².